The summed E-state index contributed by atoms with van der Waals surface area (Å²) in [7, 11) is 0. The molecule has 32 heavy (non-hydrogen) atoms. The van der Waals surface area contributed by atoms with Crippen LogP contribution in [0, 0.1) is 16.0 Å². The van der Waals surface area contributed by atoms with Crippen molar-refractivity contribution in [3.8, 4) is 11.3 Å². The first-order valence-electron chi connectivity index (χ1n) is 10.2. The molecule has 10 heteroatoms. The molecule has 1 aromatic carbocycles. The largest absolute Gasteiger partial charge is 0.456 e. The molecule has 2 aliphatic heterocycles. The first-order valence-corrected chi connectivity index (χ1v) is 11.0. The van der Waals surface area contributed by atoms with Crippen LogP contribution in [0.4, 0.5) is 10.5 Å². The molecule has 0 spiro atoms. The second-order valence-electron chi connectivity index (χ2n) is 7.81. The minimum Gasteiger partial charge on any atom is -0.456 e. The summed E-state index contributed by atoms with van der Waals surface area (Å²) in [4.78, 5) is 51.1. The van der Waals surface area contributed by atoms with Crippen LogP contribution in [0.2, 0.25) is 0 Å². The summed E-state index contributed by atoms with van der Waals surface area (Å²) in [6.07, 6.45) is 3.23. The van der Waals surface area contributed by atoms with E-state index in [1.807, 2.05) is 0 Å². The SMILES string of the molecule is CC1CCN(C(=O)CN2C(=O)S/C(=C/c3ccc(-c4ccccc4[N+](=O)[O-])o3)C2=O)CC1. The van der Waals surface area contributed by atoms with Crippen LogP contribution in [0.15, 0.2) is 45.7 Å². The number of hydrogen-bond acceptors (Lipinski definition) is 7. The van der Waals surface area contributed by atoms with Gasteiger partial charge in [0.2, 0.25) is 5.91 Å². The molecule has 0 aliphatic carbocycles. The fourth-order valence-electron chi connectivity index (χ4n) is 3.68. The molecule has 0 N–H and O–H groups in total. The first-order chi connectivity index (χ1) is 15.3. The Morgan fingerprint density at radius 2 is 1.94 bits per heavy atom. The lowest BCUT2D eigenvalue weighted by Crippen LogP contribution is -2.45. The lowest BCUT2D eigenvalue weighted by Gasteiger charge is -2.31. The molecule has 2 fully saturated rings. The Hall–Kier alpha value is -3.40. The molecule has 0 atom stereocenters. The van der Waals surface area contributed by atoms with E-state index >= 15 is 0 Å². The standard InChI is InChI=1S/C22H21N3O6S/c1-14-8-10-23(11-9-14)20(26)13-24-21(27)19(32-22(24)28)12-15-6-7-18(31-15)16-4-2-3-5-17(16)25(29)30/h2-7,12,14H,8-11,13H2,1H3/b19-12+. The quantitative estimate of drug-likeness (QED) is 0.378. The van der Waals surface area contributed by atoms with Crippen molar-refractivity contribution in [1.29, 1.82) is 0 Å². The number of piperidine rings is 1. The first kappa shape index (κ1) is 21.8. The van der Waals surface area contributed by atoms with Crippen molar-refractivity contribution in [3.05, 3.63) is 57.2 Å². The summed E-state index contributed by atoms with van der Waals surface area (Å²) >= 11 is 0.738. The Morgan fingerprint density at radius 3 is 2.66 bits per heavy atom. The van der Waals surface area contributed by atoms with Gasteiger partial charge in [-0.3, -0.25) is 29.4 Å². The summed E-state index contributed by atoms with van der Waals surface area (Å²) < 4.78 is 5.68. The van der Waals surface area contributed by atoms with Gasteiger partial charge < -0.3 is 9.32 Å². The lowest BCUT2D eigenvalue weighted by atomic mass is 9.99. The minimum atomic E-state index is -0.553. The predicted molar refractivity (Wildman–Crippen MR) is 118 cm³/mol. The monoisotopic (exact) mass is 455 g/mol. The topological polar surface area (TPSA) is 114 Å². The van der Waals surface area contributed by atoms with E-state index in [2.05, 4.69) is 6.92 Å². The molecule has 0 unspecified atom stereocenters. The van der Waals surface area contributed by atoms with Gasteiger partial charge in [-0.05, 0) is 48.7 Å². The molecule has 166 valence electrons. The molecular weight excluding hydrogens is 434 g/mol. The van der Waals surface area contributed by atoms with Crippen molar-refractivity contribution in [2.24, 2.45) is 5.92 Å². The van der Waals surface area contributed by atoms with Gasteiger partial charge in [0.05, 0.1) is 15.4 Å². The highest BCUT2D eigenvalue weighted by molar-refractivity contribution is 8.18. The van der Waals surface area contributed by atoms with Gasteiger partial charge in [-0.1, -0.05) is 19.1 Å². The molecule has 2 aromatic rings. The molecule has 3 amide bonds. The van der Waals surface area contributed by atoms with Crippen LogP contribution in [0.25, 0.3) is 17.4 Å². The van der Waals surface area contributed by atoms with E-state index in [4.69, 9.17) is 4.42 Å². The van der Waals surface area contributed by atoms with Crippen molar-refractivity contribution in [2.75, 3.05) is 19.6 Å². The van der Waals surface area contributed by atoms with Crippen molar-refractivity contribution in [3.63, 3.8) is 0 Å². The van der Waals surface area contributed by atoms with Crippen LogP contribution in [-0.4, -0.2) is 51.4 Å². The fraction of sp³-hybridized carbons (Fsp3) is 0.318. The number of nitrogens with zero attached hydrogens (tertiary/aromatic N) is 3. The molecule has 1 aromatic heterocycles. The fourth-order valence-corrected chi connectivity index (χ4v) is 4.49. The zero-order chi connectivity index (χ0) is 22.8. The number of amides is 3. The lowest BCUT2D eigenvalue weighted by molar-refractivity contribution is -0.384. The highest BCUT2D eigenvalue weighted by Gasteiger charge is 2.37. The number of para-hydroxylation sites is 1. The van der Waals surface area contributed by atoms with Gasteiger partial charge in [0.1, 0.15) is 18.1 Å². The number of furan rings is 1. The number of rotatable bonds is 5. The number of likely N-dealkylation sites (tertiary alicyclic amines) is 1. The normalized spacial score (nSPS) is 18.6. The van der Waals surface area contributed by atoms with Crippen LogP contribution >= 0.6 is 11.8 Å². The average Bonchev–Trinajstić information content (AvgIpc) is 3.34. The maximum absolute atomic E-state index is 12.7. The molecule has 9 nitrogen and oxygen atoms in total. The van der Waals surface area contributed by atoms with Crippen molar-refractivity contribution < 1.29 is 23.7 Å². The average molecular weight is 455 g/mol. The van der Waals surface area contributed by atoms with Crippen molar-refractivity contribution in [2.45, 2.75) is 19.8 Å². The van der Waals surface area contributed by atoms with E-state index in [1.165, 1.54) is 12.1 Å². The zero-order valence-corrected chi connectivity index (χ0v) is 18.2. The Balaban J connectivity index is 1.48. The Labute approximate surface area is 188 Å². The van der Waals surface area contributed by atoms with Gasteiger partial charge in [0.25, 0.3) is 16.8 Å². The third-order valence-electron chi connectivity index (χ3n) is 5.57. The van der Waals surface area contributed by atoms with Crippen LogP contribution in [0.3, 0.4) is 0 Å². The van der Waals surface area contributed by atoms with Gasteiger partial charge in [-0.2, -0.15) is 0 Å². The molecule has 0 radical (unpaired) electrons. The van der Waals surface area contributed by atoms with E-state index in [9.17, 15) is 24.5 Å². The summed E-state index contributed by atoms with van der Waals surface area (Å²) in [5, 5.41) is 10.7. The number of carbonyl (C=O) groups excluding carboxylic acids is 3. The molecule has 3 heterocycles. The van der Waals surface area contributed by atoms with Crippen molar-refractivity contribution >= 4 is 40.6 Å². The van der Waals surface area contributed by atoms with Crippen LogP contribution in [-0.2, 0) is 9.59 Å². The van der Waals surface area contributed by atoms with Crippen LogP contribution < -0.4 is 0 Å². The van der Waals surface area contributed by atoms with Crippen LogP contribution in [0.1, 0.15) is 25.5 Å². The number of benzene rings is 1. The summed E-state index contributed by atoms with van der Waals surface area (Å²) in [5.41, 5.74) is 0.214. The second kappa shape index (κ2) is 8.99. The molecule has 4 rings (SSSR count). The highest BCUT2D eigenvalue weighted by Crippen LogP contribution is 2.35. The summed E-state index contributed by atoms with van der Waals surface area (Å²) in [6.45, 7) is 3.12. The maximum Gasteiger partial charge on any atom is 0.294 e. The molecule has 0 bridgehead atoms. The molecular formula is C22H21N3O6S. The number of nitro benzene ring substituents is 1. The highest BCUT2D eigenvalue weighted by atomic mass is 32.2. The second-order valence-corrected chi connectivity index (χ2v) is 8.80. The van der Waals surface area contributed by atoms with E-state index in [1.54, 1.807) is 35.2 Å². The summed E-state index contributed by atoms with van der Waals surface area (Å²) in [6, 6.07) is 9.31. The van der Waals surface area contributed by atoms with Gasteiger partial charge in [-0.15, -0.1) is 0 Å². The Morgan fingerprint density at radius 1 is 1.22 bits per heavy atom. The predicted octanol–water partition coefficient (Wildman–Crippen LogP) is 4.15. The third-order valence-corrected chi connectivity index (χ3v) is 6.48. The zero-order valence-electron chi connectivity index (χ0n) is 17.4. The number of carbonyl (C=O) groups is 3. The van der Waals surface area contributed by atoms with Gasteiger partial charge in [0, 0.05) is 25.2 Å². The van der Waals surface area contributed by atoms with Crippen LogP contribution in [0.5, 0.6) is 0 Å². The molecule has 0 saturated carbocycles. The number of thioether (sulfide) groups is 1. The van der Waals surface area contributed by atoms with E-state index in [-0.39, 0.29) is 34.6 Å². The van der Waals surface area contributed by atoms with E-state index < -0.39 is 16.1 Å². The summed E-state index contributed by atoms with van der Waals surface area (Å²) in [5.74, 6) is 0.325. The van der Waals surface area contributed by atoms with Gasteiger partial charge >= 0.3 is 0 Å². The number of nitro groups is 1. The Kier molecular flexibility index (Phi) is 6.13. The smallest absolute Gasteiger partial charge is 0.294 e. The van der Waals surface area contributed by atoms with Gasteiger partial charge in [0.15, 0.2) is 0 Å². The maximum atomic E-state index is 12.7. The minimum absolute atomic E-state index is 0.0978. The Bertz CT molecular complexity index is 1120. The number of hydrogen-bond donors (Lipinski definition) is 0. The van der Waals surface area contributed by atoms with Crippen molar-refractivity contribution in [1.82, 2.24) is 9.80 Å². The number of imide groups is 1. The molecule has 2 saturated heterocycles. The third kappa shape index (κ3) is 4.45. The van der Waals surface area contributed by atoms with Gasteiger partial charge in [-0.25, -0.2) is 0 Å². The van der Waals surface area contributed by atoms with E-state index in [0.29, 0.717) is 24.6 Å². The van der Waals surface area contributed by atoms with E-state index in [0.717, 1.165) is 29.5 Å². The molecule has 2 aliphatic rings.